The molecule has 3 nitrogen and oxygen atoms in total. The number of carbonyl (C=O) groups excluding carboxylic acids is 1. The van der Waals surface area contributed by atoms with Crippen LogP contribution in [0.4, 0.5) is 0 Å². The summed E-state index contributed by atoms with van der Waals surface area (Å²) in [5, 5.41) is 3.68. The summed E-state index contributed by atoms with van der Waals surface area (Å²) in [7, 11) is 1.57. The Morgan fingerprint density at radius 1 is 1.20 bits per heavy atom. The number of benzene rings is 1. The van der Waals surface area contributed by atoms with Crippen molar-refractivity contribution >= 4 is 17.5 Å². The fourth-order valence-corrected chi connectivity index (χ4v) is 2.89. The number of rotatable bonds is 3. The van der Waals surface area contributed by atoms with E-state index in [4.69, 9.17) is 16.3 Å². The topological polar surface area (TPSA) is 38.3 Å². The van der Waals surface area contributed by atoms with Crippen LogP contribution in [-0.2, 0) is 0 Å². The van der Waals surface area contributed by atoms with Gasteiger partial charge < -0.3 is 10.1 Å². The van der Waals surface area contributed by atoms with Gasteiger partial charge in [-0.15, -0.1) is 0 Å². The van der Waals surface area contributed by atoms with Gasteiger partial charge in [-0.25, -0.2) is 0 Å². The molecule has 0 saturated heterocycles. The summed E-state index contributed by atoms with van der Waals surface area (Å²) in [6, 6.07) is 5.40. The minimum Gasteiger partial charge on any atom is -0.496 e. The lowest BCUT2D eigenvalue weighted by Crippen LogP contribution is -2.35. The maximum absolute atomic E-state index is 12.4. The van der Waals surface area contributed by atoms with Crippen molar-refractivity contribution in [1.82, 2.24) is 5.32 Å². The molecule has 0 unspecified atom stereocenters. The Bertz CT molecular complexity index is 454. The molecule has 0 spiro atoms. The lowest BCUT2D eigenvalue weighted by Gasteiger charge is -2.21. The van der Waals surface area contributed by atoms with Gasteiger partial charge in [-0.1, -0.05) is 43.7 Å². The molecule has 1 fully saturated rings. The Morgan fingerprint density at radius 2 is 1.85 bits per heavy atom. The number of nitrogens with one attached hydrogen (secondary N) is 1. The molecule has 1 aliphatic rings. The third-order valence-corrected chi connectivity index (χ3v) is 4.08. The van der Waals surface area contributed by atoms with Crippen LogP contribution >= 0.6 is 11.6 Å². The highest BCUT2D eigenvalue weighted by Crippen LogP contribution is 2.23. The van der Waals surface area contributed by atoms with Crippen LogP contribution < -0.4 is 10.1 Å². The van der Waals surface area contributed by atoms with Crippen LogP contribution in [0.15, 0.2) is 18.2 Å². The van der Waals surface area contributed by atoms with Crippen LogP contribution in [0.2, 0.25) is 5.02 Å². The second-order valence-electron chi connectivity index (χ2n) is 5.36. The van der Waals surface area contributed by atoms with Crippen LogP contribution in [0.3, 0.4) is 0 Å². The Labute approximate surface area is 125 Å². The van der Waals surface area contributed by atoms with Crippen LogP contribution in [0.1, 0.15) is 55.3 Å². The fourth-order valence-electron chi connectivity index (χ4n) is 2.72. The van der Waals surface area contributed by atoms with E-state index < -0.39 is 0 Å². The largest absolute Gasteiger partial charge is 0.496 e. The highest BCUT2D eigenvalue weighted by atomic mass is 35.5. The van der Waals surface area contributed by atoms with E-state index in [0.29, 0.717) is 16.3 Å². The van der Waals surface area contributed by atoms with Gasteiger partial charge in [0.05, 0.1) is 12.7 Å². The van der Waals surface area contributed by atoms with Crippen molar-refractivity contribution in [1.29, 1.82) is 0 Å². The highest BCUT2D eigenvalue weighted by molar-refractivity contribution is 6.31. The van der Waals surface area contributed by atoms with Gasteiger partial charge in [-0.3, -0.25) is 4.79 Å². The molecular formula is C16H22ClNO2. The monoisotopic (exact) mass is 295 g/mol. The predicted molar refractivity (Wildman–Crippen MR) is 81.6 cm³/mol. The van der Waals surface area contributed by atoms with Crippen molar-refractivity contribution in [2.75, 3.05) is 7.11 Å². The van der Waals surface area contributed by atoms with Gasteiger partial charge in [-0.05, 0) is 31.0 Å². The molecule has 0 aromatic heterocycles. The van der Waals surface area contributed by atoms with Crippen LogP contribution in [-0.4, -0.2) is 19.1 Å². The van der Waals surface area contributed by atoms with Crippen LogP contribution in [0, 0.1) is 0 Å². The predicted octanol–water partition coefficient (Wildman–Crippen LogP) is 4.19. The molecule has 0 atom stereocenters. The molecule has 20 heavy (non-hydrogen) atoms. The number of halogens is 1. The number of methoxy groups -OCH3 is 1. The summed E-state index contributed by atoms with van der Waals surface area (Å²) in [6.45, 7) is 0. The third kappa shape index (κ3) is 4.14. The maximum atomic E-state index is 12.4. The van der Waals surface area contributed by atoms with Crippen LogP contribution in [0.5, 0.6) is 5.75 Å². The van der Waals surface area contributed by atoms with Crippen molar-refractivity contribution < 1.29 is 9.53 Å². The SMILES string of the molecule is COc1ccc(Cl)cc1C(=O)NC1CCCCCCC1. The van der Waals surface area contributed by atoms with E-state index in [1.54, 1.807) is 25.3 Å². The molecule has 0 radical (unpaired) electrons. The third-order valence-electron chi connectivity index (χ3n) is 3.85. The molecule has 2 rings (SSSR count). The van der Waals surface area contributed by atoms with Gasteiger partial charge >= 0.3 is 0 Å². The number of amides is 1. The number of ether oxygens (including phenoxy) is 1. The Hall–Kier alpha value is -1.22. The zero-order valence-corrected chi connectivity index (χ0v) is 12.7. The standard InChI is InChI=1S/C16H22ClNO2/c1-20-15-10-9-12(17)11-14(15)16(19)18-13-7-5-3-2-4-6-8-13/h9-11,13H,2-8H2,1H3,(H,18,19). The minimum atomic E-state index is -0.0880. The van der Waals surface area contributed by atoms with E-state index in [0.717, 1.165) is 12.8 Å². The summed E-state index contributed by atoms with van der Waals surface area (Å²) in [4.78, 5) is 12.4. The molecule has 1 saturated carbocycles. The molecule has 110 valence electrons. The minimum absolute atomic E-state index is 0.0880. The van der Waals surface area contributed by atoms with E-state index in [1.165, 1.54) is 32.1 Å². The highest BCUT2D eigenvalue weighted by Gasteiger charge is 2.18. The smallest absolute Gasteiger partial charge is 0.255 e. The first-order valence-corrected chi connectivity index (χ1v) is 7.73. The number of hydrogen-bond acceptors (Lipinski definition) is 2. The summed E-state index contributed by atoms with van der Waals surface area (Å²) < 4.78 is 5.24. The van der Waals surface area contributed by atoms with Crippen molar-refractivity contribution in [2.24, 2.45) is 0 Å². The van der Waals surface area contributed by atoms with E-state index in [9.17, 15) is 4.79 Å². The zero-order valence-electron chi connectivity index (χ0n) is 12.0. The van der Waals surface area contributed by atoms with E-state index in [2.05, 4.69) is 5.32 Å². The van der Waals surface area contributed by atoms with Gasteiger partial charge in [-0.2, -0.15) is 0 Å². The molecule has 0 bridgehead atoms. The Morgan fingerprint density at radius 3 is 2.50 bits per heavy atom. The summed E-state index contributed by atoms with van der Waals surface area (Å²) in [5.41, 5.74) is 0.516. The second kappa shape index (κ2) is 7.53. The van der Waals surface area contributed by atoms with E-state index in [-0.39, 0.29) is 11.9 Å². The molecule has 0 heterocycles. The van der Waals surface area contributed by atoms with E-state index in [1.807, 2.05) is 0 Å². The van der Waals surface area contributed by atoms with Gasteiger partial charge in [0.1, 0.15) is 5.75 Å². The van der Waals surface area contributed by atoms with Gasteiger partial charge in [0.15, 0.2) is 0 Å². The molecule has 1 aromatic rings. The second-order valence-corrected chi connectivity index (χ2v) is 5.80. The quantitative estimate of drug-likeness (QED) is 0.908. The number of hydrogen-bond donors (Lipinski definition) is 1. The van der Waals surface area contributed by atoms with Gasteiger partial charge in [0.2, 0.25) is 0 Å². The van der Waals surface area contributed by atoms with Gasteiger partial charge in [0, 0.05) is 11.1 Å². The molecular weight excluding hydrogens is 274 g/mol. The molecule has 0 aliphatic heterocycles. The van der Waals surface area contributed by atoms with Crippen molar-refractivity contribution in [3.05, 3.63) is 28.8 Å². The van der Waals surface area contributed by atoms with Gasteiger partial charge in [0.25, 0.3) is 5.91 Å². The molecule has 1 amide bonds. The Balaban J connectivity index is 2.04. The van der Waals surface area contributed by atoms with Crippen molar-refractivity contribution in [3.8, 4) is 5.75 Å². The maximum Gasteiger partial charge on any atom is 0.255 e. The summed E-state index contributed by atoms with van der Waals surface area (Å²) in [6.07, 6.45) is 8.38. The summed E-state index contributed by atoms with van der Waals surface area (Å²) >= 11 is 5.97. The average molecular weight is 296 g/mol. The number of carbonyl (C=O) groups is 1. The van der Waals surface area contributed by atoms with Crippen molar-refractivity contribution in [3.63, 3.8) is 0 Å². The molecule has 4 heteroatoms. The summed E-state index contributed by atoms with van der Waals surface area (Å²) in [5.74, 6) is 0.479. The fraction of sp³-hybridized carbons (Fsp3) is 0.562. The van der Waals surface area contributed by atoms with E-state index >= 15 is 0 Å². The lowest BCUT2D eigenvalue weighted by atomic mass is 9.96. The van der Waals surface area contributed by atoms with Crippen LogP contribution in [0.25, 0.3) is 0 Å². The zero-order chi connectivity index (χ0) is 14.4. The normalized spacial score (nSPS) is 17.1. The molecule has 1 N–H and O–H groups in total. The first kappa shape index (κ1) is 15.2. The first-order chi connectivity index (χ1) is 9.70. The molecule has 1 aliphatic carbocycles. The first-order valence-electron chi connectivity index (χ1n) is 7.35. The molecule has 1 aromatic carbocycles. The average Bonchev–Trinajstić information content (AvgIpc) is 2.41. The lowest BCUT2D eigenvalue weighted by molar-refractivity contribution is 0.0927. The Kier molecular flexibility index (Phi) is 5.72. The van der Waals surface area contributed by atoms with Crippen molar-refractivity contribution in [2.45, 2.75) is 51.0 Å².